The molecular weight excluding hydrogens is 348 g/mol. The summed E-state index contributed by atoms with van der Waals surface area (Å²) >= 11 is 0. The van der Waals surface area contributed by atoms with Crippen LogP contribution in [0.25, 0.3) is 0 Å². The standard InChI is InChI=1S/C19H22N4O4/c1-11-8-15(11)17(25)21-13-6-4-12(5-7-13)16(24)22-14-9-20-23(10-14)19(2,3)18(26)27/h4-7,9-11,15H,8H2,1-3H3,(H,21,25)(H,22,24)(H,26,27). The molecule has 8 nitrogen and oxygen atoms in total. The third kappa shape index (κ3) is 3.99. The highest BCUT2D eigenvalue weighted by Gasteiger charge is 2.39. The van der Waals surface area contributed by atoms with E-state index in [1.54, 1.807) is 24.3 Å². The van der Waals surface area contributed by atoms with Crippen LogP contribution in [-0.2, 0) is 15.1 Å². The molecule has 3 N–H and O–H groups in total. The number of hydrogen-bond donors (Lipinski definition) is 3. The molecule has 27 heavy (non-hydrogen) atoms. The van der Waals surface area contributed by atoms with Gasteiger partial charge in [-0.25, -0.2) is 4.79 Å². The molecule has 0 radical (unpaired) electrons. The third-order valence-corrected chi connectivity index (χ3v) is 4.80. The molecule has 3 rings (SSSR count). The Kier molecular flexibility index (Phi) is 4.73. The lowest BCUT2D eigenvalue weighted by molar-refractivity contribution is -0.146. The summed E-state index contributed by atoms with van der Waals surface area (Å²) in [6.07, 6.45) is 3.78. The molecule has 0 spiro atoms. The molecule has 1 aromatic heterocycles. The van der Waals surface area contributed by atoms with E-state index in [0.29, 0.717) is 22.9 Å². The Labute approximate surface area is 156 Å². The first-order chi connectivity index (χ1) is 12.7. The molecule has 1 aliphatic rings. The van der Waals surface area contributed by atoms with Crippen molar-refractivity contribution < 1.29 is 19.5 Å². The van der Waals surface area contributed by atoms with Crippen molar-refractivity contribution in [2.45, 2.75) is 32.7 Å². The average Bonchev–Trinajstić information content (AvgIpc) is 3.16. The Morgan fingerprint density at radius 3 is 2.33 bits per heavy atom. The second-order valence-electron chi connectivity index (χ2n) is 7.38. The number of nitrogens with zero attached hydrogens (tertiary/aromatic N) is 2. The molecule has 0 saturated heterocycles. The number of carbonyl (C=O) groups excluding carboxylic acids is 2. The summed E-state index contributed by atoms with van der Waals surface area (Å²) in [6.45, 7) is 5.07. The first-order valence-corrected chi connectivity index (χ1v) is 8.69. The van der Waals surface area contributed by atoms with E-state index in [9.17, 15) is 19.5 Å². The Bertz CT molecular complexity index is 885. The largest absolute Gasteiger partial charge is 0.479 e. The van der Waals surface area contributed by atoms with E-state index in [-0.39, 0.29) is 17.7 Å². The molecule has 1 saturated carbocycles. The van der Waals surface area contributed by atoms with Gasteiger partial charge in [-0.3, -0.25) is 14.3 Å². The van der Waals surface area contributed by atoms with Gasteiger partial charge >= 0.3 is 5.97 Å². The van der Waals surface area contributed by atoms with E-state index in [1.807, 2.05) is 6.92 Å². The number of aromatic nitrogens is 2. The number of nitrogens with one attached hydrogen (secondary N) is 2. The third-order valence-electron chi connectivity index (χ3n) is 4.80. The zero-order valence-electron chi connectivity index (χ0n) is 15.4. The lowest BCUT2D eigenvalue weighted by Crippen LogP contribution is -2.35. The predicted octanol–water partition coefficient (Wildman–Crippen LogP) is 2.55. The van der Waals surface area contributed by atoms with Crippen molar-refractivity contribution in [2.24, 2.45) is 11.8 Å². The molecule has 2 unspecified atom stereocenters. The first kappa shape index (κ1) is 18.6. The van der Waals surface area contributed by atoms with Crippen LogP contribution < -0.4 is 10.6 Å². The van der Waals surface area contributed by atoms with Gasteiger partial charge in [-0.05, 0) is 50.5 Å². The number of hydrogen-bond acceptors (Lipinski definition) is 4. The first-order valence-electron chi connectivity index (χ1n) is 8.69. The number of carboxylic acid groups (broad SMARTS) is 1. The van der Waals surface area contributed by atoms with Crippen LogP contribution in [0.5, 0.6) is 0 Å². The molecule has 1 aromatic carbocycles. The number of anilines is 2. The second kappa shape index (κ2) is 6.86. The van der Waals surface area contributed by atoms with E-state index in [0.717, 1.165) is 6.42 Å². The van der Waals surface area contributed by atoms with Crippen molar-refractivity contribution in [3.63, 3.8) is 0 Å². The lowest BCUT2D eigenvalue weighted by atomic mass is 10.1. The van der Waals surface area contributed by atoms with E-state index in [4.69, 9.17) is 0 Å². The zero-order chi connectivity index (χ0) is 19.8. The fourth-order valence-electron chi connectivity index (χ4n) is 2.62. The van der Waals surface area contributed by atoms with Crippen molar-refractivity contribution in [3.8, 4) is 0 Å². The highest BCUT2D eigenvalue weighted by atomic mass is 16.4. The van der Waals surface area contributed by atoms with Gasteiger partial charge in [0.25, 0.3) is 5.91 Å². The maximum atomic E-state index is 12.3. The van der Waals surface area contributed by atoms with Gasteiger partial charge in [0.15, 0.2) is 5.54 Å². The van der Waals surface area contributed by atoms with Crippen LogP contribution in [0.4, 0.5) is 11.4 Å². The molecule has 2 aromatic rings. The summed E-state index contributed by atoms with van der Waals surface area (Å²) in [5.74, 6) is -0.854. The molecule has 142 valence electrons. The minimum Gasteiger partial charge on any atom is -0.479 e. The molecule has 2 atom stereocenters. The summed E-state index contributed by atoms with van der Waals surface area (Å²) in [5, 5.41) is 18.8. The Morgan fingerprint density at radius 1 is 1.15 bits per heavy atom. The summed E-state index contributed by atoms with van der Waals surface area (Å²) in [7, 11) is 0. The fourth-order valence-corrected chi connectivity index (χ4v) is 2.62. The van der Waals surface area contributed by atoms with Crippen LogP contribution in [0.3, 0.4) is 0 Å². The van der Waals surface area contributed by atoms with Crippen molar-refractivity contribution in [2.75, 3.05) is 10.6 Å². The second-order valence-corrected chi connectivity index (χ2v) is 7.38. The average molecular weight is 370 g/mol. The minimum absolute atomic E-state index is 0.00756. The Balaban J connectivity index is 1.62. The van der Waals surface area contributed by atoms with Gasteiger partial charge < -0.3 is 15.7 Å². The Morgan fingerprint density at radius 2 is 1.78 bits per heavy atom. The highest BCUT2D eigenvalue weighted by Crippen LogP contribution is 2.38. The molecular formula is C19H22N4O4. The molecule has 0 bridgehead atoms. The predicted molar refractivity (Wildman–Crippen MR) is 99.5 cm³/mol. The molecule has 1 fully saturated rings. The summed E-state index contributed by atoms with van der Waals surface area (Å²) in [5.41, 5.74) is 0.237. The van der Waals surface area contributed by atoms with Crippen molar-refractivity contribution >= 4 is 29.2 Å². The van der Waals surface area contributed by atoms with Gasteiger partial charge in [-0.2, -0.15) is 5.10 Å². The smallest absolute Gasteiger partial charge is 0.331 e. The maximum absolute atomic E-state index is 12.3. The van der Waals surface area contributed by atoms with Gasteiger partial charge in [0, 0.05) is 23.4 Å². The van der Waals surface area contributed by atoms with Crippen molar-refractivity contribution in [1.82, 2.24) is 9.78 Å². The zero-order valence-corrected chi connectivity index (χ0v) is 15.4. The normalized spacial score (nSPS) is 18.6. The minimum atomic E-state index is -1.22. The lowest BCUT2D eigenvalue weighted by Gasteiger charge is -2.19. The van der Waals surface area contributed by atoms with Crippen LogP contribution >= 0.6 is 0 Å². The number of amides is 2. The van der Waals surface area contributed by atoms with Gasteiger partial charge in [0.2, 0.25) is 5.91 Å². The number of carboxylic acids is 1. The van der Waals surface area contributed by atoms with Gasteiger partial charge in [-0.15, -0.1) is 0 Å². The van der Waals surface area contributed by atoms with Crippen LogP contribution in [0, 0.1) is 11.8 Å². The monoisotopic (exact) mass is 370 g/mol. The van der Waals surface area contributed by atoms with Crippen LogP contribution in [-0.4, -0.2) is 32.7 Å². The van der Waals surface area contributed by atoms with Crippen molar-refractivity contribution in [1.29, 1.82) is 0 Å². The topological polar surface area (TPSA) is 113 Å². The number of aliphatic carboxylic acids is 1. The highest BCUT2D eigenvalue weighted by molar-refractivity contribution is 6.04. The van der Waals surface area contributed by atoms with Crippen molar-refractivity contribution in [3.05, 3.63) is 42.2 Å². The molecule has 0 aliphatic heterocycles. The van der Waals surface area contributed by atoms with Crippen LogP contribution in [0.15, 0.2) is 36.7 Å². The summed E-state index contributed by atoms with van der Waals surface area (Å²) in [4.78, 5) is 35.6. The van der Waals surface area contributed by atoms with Crippen LogP contribution in [0.1, 0.15) is 37.6 Å². The molecule has 1 aliphatic carbocycles. The summed E-state index contributed by atoms with van der Waals surface area (Å²) in [6, 6.07) is 6.59. The summed E-state index contributed by atoms with van der Waals surface area (Å²) < 4.78 is 1.28. The van der Waals surface area contributed by atoms with Crippen LogP contribution in [0.2, 0.25) is 0 Å². The van der Waals surface area contributed by atoms with E-state index in [2.05, 4.69) is 15.7 Å². The van der Waals surface area contributed by atoms with E-state index < -0.39 is 11.5 Å². The van der Waals surface area contributed by atoms with E-state index >= 15 is 0 Å². The van der Waals surface area contributed by atoms with Gasteiger partial charge in [0.1, 0.15) is 0 Å². The molecule has 2 amide bonds. The Hall–Kier alpha value is -3.16. The number of benzene rings is 1. The van der Waals surface area contributed by atoms with Gasteiger partial charge in [0.05, 0.1) is 11.9 Å². The SMILES string of the molecule is CC1CC1C(=O)Nc1ccc(C(=O)Nc2cnn(C(C)(C)C(=O)O)c2)cc1. The van der Waals surface area contributed by atoms with Gasteiger partial charge in [-0.1, -0.05) is 6.92 Å². The molecule has 8 heteroatoms. The maximum Gasteiger partial charge on any atom is 0.331 e. The quantitative estimate of drug-likeness (QED) is 0.723. The van der Waals surface area contributed by atoms with E-state index in [1.165, 1.54) is 30.9 Å². The fraction of sp³-hybridized carbons (Fsp3) is 0.368. The number of rotatable bonds is 6. The molecule has 1 heterocycles. The number of carbonyl (C=O) groups is 3.